The van der Waals surface area contributed by atoms with Gasteiger partial charge in [-0.1, -0.05) is 0 Å². The maximum Gasteiger partial charge on any atom is 0.220 e. The van der Waals surface area contributed by atoms with Crippen LogP contribution in [-0.2, 0) is 9.59 Å². The molecule has 0 saturated heterocycles. The number of nitrogens with two attached hydrogens (primary N) is 2. The van der Waals surface area contributed by atoms with Gasteiger partial charge in [-0.2, -0.15) is 0 Å². The normalized spacial score (nSPS) is 10.2. The third-order valence-electron chi connectivity index (χ3n) is 2.46. The first-order chi connectivity index (χ1) is 9.20. The van der Waals surface area contributed by atoms with Crippen molar-refractivity contribution in [1.82, 2.24) is 16.0 Å². The van der Waals surface area contributed by atoms with E-state index in [4.69, 9.17) is 11.5 Å². The molecule has 0 aromatic carbocycles. The van der Waals surface area contributed by atoms with Gasteiger partial charge in [0.15, 0.2) is 0 Å². The second-order valence-corrected chi connectivity index (χ2v) is 4.23. The van der Waals surface area contributed by atoms with Crippen molar-refractivity contribution in [2.24, 2.45) is 11.5 Å². The van der Waals surface area contributed by atoms with Gasteiger partial charge in [0.05, 0.1) is 0 Å². The van der Waals surface area contributed by atoms with Crippen molar-refractivity contribution in [3.8, 4) is 0 Å². The molecule has 0 aliphatic rings. The highest BCUT2D eigenvalue weighted by Gasteiger charge is 2.00. The molecule has 0 bridgehead atoms. The van der Waals surface area contributed by atoms with Gasteiger partial charge in [-0.25, -0.2) is 0 Å². The molecule has 7 nitrogen and oxygen atoms in total. The van der Waals surface area contributed by atoms with Crippen LogP contribution in [0.1, 0.15) is 25.7 Å². The van der Waals surface area contributed by atoms with Crippen molar-refractivity contribution in [3.63, 3.8) is 0 Å². The zero-order chi connectivity index (χ0) is 14.3. The SMILES string of the molecule is NCCCC(=O)NCCNCCNC(=O)CCCN. The van der Waals surface area contributed by atoms with Crippen LogP contribution in [0.4, 0.5) is 0 Å². The molecule has 0 atom stereocenters. The van der Waals surface area contributed by atoms with Gasteiger partial charge >= 0.3 is 0 Å². The van der Waals surface area contributed by atoms with Gasteiger partial charge in [-0.3, -0.25) is 9.59 Å². The summed E-state index contributed by atoms with van der Waals surface area (Å²) in [5, 5.41) is 8.70. The van der Waals surface area contributed by atoms with Gasteiger partial charge in [0.25, 0.3) is 0 Å². The van der Waals surface area contributed by atoms with Crippen molar-refractivity contribution in [2.45, 2.75) is 25.7 Å². The smallest absolute Gasteiger partial charge is 0.220 e. The number of rotatable bonds is 12. The molecule has 0 unspecified atom stereocenters. The fraction of sp³-hybridized carbons (Fsp3) is 0.833. The van der Waals surface area contributed by atoms with E-state index in [9.17, 15) is 9.59 Å². The average Bonchev–Trinajstić information content (AvgIpc) is 2.41. The zero-order valence-electron chi connectivity index (χ0n) is 11.5. The molecule has 19 heavy (non-hydrogen) atoms. The lowest BCUT2D eigenvalue weighted by atomic mass is 10.3. The first kappa shape index (κ1) is 17.8. The van der Waals surface area contributed by atoms with Crippen molar-refractivity contribution in [2.75, 3.05) is 39.3 Å². The molecule has 0 saturated carbocycles. The van der Waals surface area contributed by atoms with E-state index in [1.807, 2.05) is 0 Å². The first-order valence-corrected chi connectivity index (χ1v) is 6.85. The highest BCUT2D eigenvalue weighted by molar-refractivity contribution is 5.76. The monoisotopic (exact) mass is 273 g/mol. The second kappa shape index (κ2) is 13.3. The fourth-order valence-corrected chi connectivity index (χ4v) is 1.41. The Morgan fingerprint density at radius 3 is 1.53 bits per heavy atom. The minimum atomic E-state index is 0.0299. The van der Waals surface area contributed by atoms with Crippen LogP contribution in [0.5, 0.6) is 0 Å². The van der Waals surface area contributed by atoms with Gasteiger partial charge in [0.1, 0.15) is 0 Å². The molecule has 112 valence electrons. The average molecular weight is 273 g/mol. The van der Waals surface area contributed by atoms with Gasteiger partial charge in [-0.05, 0) is 25.9 Å². The molecule has 2 amide bonds. The summed E-state index contributed by atoms with van der Waals surface area (Å²) in [6, 6.07) is 0. The summed E-state index contributed by atoms with van der Waals surface area (Å²) >= 11 is 0. The van der Waals surface area contributed by atoms with Crippen LogP contribution in [0.15, 0.2) is 0 Å². The number of amides is 2. The minimum Gasteiger partial charge on any atom is -0.355 e. The van der Waals surface area contributed by atoms with Crippen molar-refractivity contribution in [3.05, 3.63) is 0 Å². The number of hydrogen-bond acceptors (Lipinski definition) is 5. The maximum atomic E-state index is 11.2. The summed E-state index contributed by atoms with van der Waals surface area (Å²) in [7, 11) is 0. The maximum absolute atomic E-state index is 11.2. The number of carbonyl (C=O) groups is 2. The molecule has 7 N–H and O–H groups in total. The minimum absolute atomic E-state index is 0.0299. The molecule has 0 fully saturated rings. The van der Waals surface area contributed by atoms with E-state index in [0.717, 1.165) is 0 Å². The molecule has 0 heterocycles. The summed E-state index contributed by atoms with van der Waals surface area (Å²) < 4.78 is 0. The number of nitrogens with one attached hydrogen (secondary N) is 3. The predicted molar refractivity (Wildman–Crippen MR) is 75.5 cm³/mol. The zero-order valence-corrected chi connectivity index (χ0v) is 11.5. The molecular weight excluding hydrogens is 246 g/mol. The van der Waals surface area contributed by atoms with Gasteiger partial charge in [0.2, 0.25) is 11.8 Å². The van der Waals surface area contributed by atoms with E-state index in [-0.39, 0.29) is 11.8 Å². The quantitative estimate of drug-likeness (QED) is 0.271. The summed E-state index contributed by atoms with van der Waals surface area (Å²) in [5.74, 6) is 0.0599. The van der Waals surface area contributed by atoms with E-state index in [1.165, 1.54) is 0 Å². The lowest BCUT2D eigenvalue weighted by molar-refractivity contribution is -0.121. The molecule has 0 aliphatic carbocycles. The lowest BCUT2D eigenvalue weighted by Gasteiger charge is -2.07. The Morgan fingerprint density at radius 2 is 1.16 bits per heavy atom. The summed E-state index contributed by atoms with van der Waals surface area (Å²) in [4.78, 5) is 22.4. The predicted octanol–water partition coefficient (Wildman–Crippen LogP) is -1.71. The molecule has 0 aromatic heterocycles. The summed E-state index contributed by atoms with van der Waals surface area (Å²) in [6.45, 7) is 3.63. The fourth-order valence-electron chi connectivity index (χ4n) is 1.41. The number of carbonyl (C=O) groups excluding carboxylic acids is 2. The van der Waals surface area contributed by atoms with Crippen LogP contribution >= 0.6 is 0 Å². The van der Waals surface area contributed by atoms with Crippen molar-refractivity contribution >= 4 is 11.8 Å². The summed E-state index contributed by atoms with van der Waals surface area (Å²) in [6.07, 6.45) is 2.39. The Balaban J connectivity index is 3.22. The standard InChI is InChI=1S/C12H27N5O2/c13-5-1-3-11(18)16-9-7-15-8-10-17-12(19)4-2-6-14/h15H,1-10,13-14H2,(H,16,18)(H,17,19). The van der Waals surface area contributed by atoms with Crippen LogP contribution in [0.2, 0.25) is 0 Å². The number of hydrogen-bond donors (Lipinski definition) is 5. The third kappa shape index (κ3) is 13.1. The van der Waals surface area contributed by atoms with Crippen LogP contribution in [0.25, 0.3) is 0 Å². The second-order valence-electron chi connectivity index (χ2n) is 4.23. The largest absolute Gasteiger partial charge is 0.355 e. The Hall–Kier alpha value is -1.18. The molecule has 0 radical (unpaired) electrons. The summed E-state index contributed by atoms with van der Waals surface area (Å²) in [5.41, 5.74) is 10.6. The van der Waals surface area contributed by atoms with Crippen LogP contribution in [0.3, 0.4) is 0 Å². The van der Waals surface area contributed by atoms with Crippen LogP contribution < -0.4 is 27.4 Å². The van der Waals surface area contributed by atoms with E-state index in [2.05, 4.69) is 16.0 Å². The van der Waals surface area contributed by atoms with Crippen LogP contribution in [0, 0.1) is 0 Å². The van der Waals surface area contributed by atoms with Gasteiger partial charge in [0, 0.05) is 39.0 Å². The Kier molecular flexibility index (Phi) is 12.4. The van der Waals surface area contributed by atoms with E-state index < -0.39 is 0 Å². The molecule has 0 aliphatic heterocycles. The Morgan fingerprint density at radius 1 is 0.737 bits per heavy atom. The van der Waals surface area contributed by atoms with Crippen molar-refractivity contribution < 1.29 is 9.59 Å². The molecule has 0 spiro atoms. The molecule has 0 rings (SSSR count). The van der Waals surface area contributed by atoms with Crippen molar-refractivity contribution in [1.29, 1.82) is 0 Å². The molecule has 7 heteroatoms. The highest BCUT2D eigenvalue weighted by Crippen LogP contribution is 1.85. The van der Waals surface area contributed by atoms with Gasteiger partial charge in [-0.15, -0.1) is 0 Å². The first-order valence-electron chi connectivity index (χ1n) is 6.85. The highest BCUT2D eigenvalue weighted by atomic mass is 16.2. The third-order valence-corrected chi connectivity index (χ3v) is 2.46. The van der Waals surface area contributed by atoms with E-state index in [0.29, 0.717) is 65.0 Å². The topological polar surface area (TPSA) is 122 Å². The Labute approximate surface area is 114 Å². The van der Waals surface area contributed by atoms with Gasteiger partial charge < -0.3 is 27.4 Å². The lowest BCUT2D eigenvalue weighted by Crippen LogP contribution is -2.36. The van der Waals surface area contributed by atoms with E-state index in [1.54, 1.807) is 0 Å². The van der Waals surface area contributed by atoms with Crippen LogP contribution in [-0.4, -0.2) is 51.1 Å². The van der Waals surface area contributed by atoms with E-state index >= 15 is 0 Å². The molecule has 0 aromatic rings. The Bertz CT molecular complexity index is 224. The molecular formula is C12H27N5O2.